The van der Waals surface area contributed by atoms with Crippen LogP contribution in [0.2, 0.25) is 0 Å². The first kappa shape index (κ1) is 17.6. The Morgan fingerprint density at radius 3 is 2.74 bits per heavy atom. The Balaban J connectivity index is 1.33. The summed E-state index contributed by atoms with van der Waals surface area (Å²) in [7, 11) is 0. The fourth-order valence-electron chi connectivity index (χ4n) is 3.38. The molecular formula is C18H21N3O6. The second-order valence-corrected chi connectivity index (χ2v) is 6.65. The highest BCUT2D eigenvalue weighted by Gasteiger charge is 2.38. The third-order valence-corrected chi connectivity index (χ3v) is 4.90. The van der Waals surface area contributed by atoms with Gasteiger partial charge in [0.15, 0.2) is 11.5 Å². The molecule has 0 radical (unpaired) electrons. The molecule has 1 aromatic carbocycles. The van der Waals surface area contributed by atoms with E-state index in [4.69, 9.17) is 14.2 Å². The van der Waals surface area contributed by atoms with Gasteiger partial charge in [-0.2, -0.15) is 0 Å². The number of fused-ring (bicyclic) bond motifs is 1. The molecule has 0 spiro atoms. The normalized spacial score (nSPS) is 21.6. The summed E-state index contributed by atoms with van der Waals surface area (Å²) < 4.78 is 15.8. The predicted molar refractivity (Wildman–Crippen MR) is 92.1 cm³/mol. The number of ether oxygens (including phenoxy) is 3. The average Bonchev–Trinajstić information content (AvgIpc) is 3.26. The summed E-state index contributed by atoms with van der Waals surface area (Å²) in [6.07, 6.45) is 0.507. The Hall–Kier alpha value is -2.81. The summed E-state index contributed by atoms with van der Waals surface area (Å²) >= 11 is 0. The van der Waals surface area contributed by atoms with Crippen LogP contribution in [0.15, 0.2) is 18.2 Å². The molecule has 1 unspecified atom stereocenters. The van der Waals surface area contributed by atoms with Gasteiger partial charge in [0.2, 0.25) is 12.7 Å². The van der Waals surface area contributed by atoms with Gasteiger partial charge < -0.3 is 24.4 Å². The molecule has 1 aromatic rings. The van der Waals surface area contributed by atoms with Gasteiger partial charge in [0.25, 0.3) is 5.91 Å². The molecule has 1 atom stereocenters. The van der Waals surface area contributed by atoms with Crippen molar-refractivity contribution >= 4 is 17.8 Å². The first-order chi connectivity index (χ1) is 13.1. The van der Waals surface area contributed by atoms with Crippen molar-refractivity contribution in [1.29, 1.82) is 0 Å². The van der Waals surface area contributed by atoms with Gasteiger partial charge in [0.05, 0.1) is 19.8 Å². The molecule has 27 heavy (non-hydrogen) atoms. The van der Waals surface area contributed by atoms with Crippen LogP contribution in [0.4, 0.5) is 4.79 Å². The summed E-state index contributed by atoms with van der Waals surface area (Å²) in [6.45, 7) is 2.53. The van der Waals surface area contributed by atoms with Gasteiger partial charge in [-0.3, -0.25) is 14.5 Å². The van der Waals surface area contributed by atoms with Gasteiger partial charge in [-0.1, -0.05) is 6.07 Å². The lowest BCUT2D eigenvalue weighted by molar-refractivity contribution is -0.135. The number of urea groups is 1. The number of imide groups is 1. The molecule has 0 saturated carbocycles. The highest BCUT2D eigenvalue weighted by atomic mass is 16.7. The van der Waals surface area contributed by atoms with E-state index >= 15 is 0 Å². The maximum absolute atomic E-state index is 12.6. The number of amides is 4. The van der Waals surface area contributed by atoms with Gasteiger partial charge in [0, 0.05) is 19.5 Å². The van der Waals surface area contributed by atoms with Crippen LogP contribution in [0, 0.1) is 0 Å². The third kappa shape index (κ3) is 3.68. The van der Waals surface area contributed by atoms with Gasteiger partial charge in [-0.25, -0.2) is 4.79 Å². The van der Waals surface area contributed by atoms with E-state index in [1.165, 1.54) is 4.90 Å². The fourth-order valence-corrected chi connectivity index (χ4v) is 3.38. The maximum atomic E-state index is 12.6. The van der Waals surface area contributed by atoms with Crippen molar-refractivity contribution in [1.82, 2.24) is 15.1 Å². The largest absolute Gasteiger partial charge is 0.454 e. The highest BCUT2D eigenvalue weighted by Crippen LogP contribution is 2.33. The summed E-state index contributed by atoms with van der Waals surface area (Å²) in [5.41, 5.74) is 0.771. The number of carbonyl (C=O) groups is 3. The van der Waals surface area contributed by atoms with Crippen molar-refractivity contribution in [2.75, 3.05) is 33.1 Å². The molecular weight excluding hydrogens is 354 g/mol. The summed E-state index contributed by atoms with van der Waals surface area (Å²) in [5, 5.41) is 2.67. The van der Waals surface area contributed by atoms with Crippen molar-refractivity contribution in [3.63, 3.8) is 0 Å². The van der Waals surface area contributed by atoms with E-state index in [1.807, 2.05) is 0 Å². The van der Waals surface area contributed by atoms with Crippen molar-refractivity contribution in [3.05, 3.63) is 23.8 Å². The minimum Gasteiger partial charge on any atom is -0.454 e. The smallest absolute Gasteiger partial charge is 0.325 e. The van der Waals surface area contributed by atoms with Crippen LogP contribution < -0.4 is 14.8 Å². The minimum absolute atomic E-state index is 0.0189. The second kappa shape index (κ2) is 7.43. The molecule has 2 fully saturated rings. The topological polar surface area (TPSA) is 97.4 Å². The van der Waals surface area contributed by atoms with Gasteiger partial charge in [0.1, 0.15) is 6.04 Å². The SMILES string of the molecule is O=C(CCC1NC(=O)N(Cc2ccc3c(c2)OCO3)C1=O)N1CCOCC1. The molecule has 1 N–H and O–H groups in total. The summed E-state index contributed by atoms with van der Waals surface area (Å²) in [6, 6.07) is 4.20. The van der Waals surface area contributed by atoms with Crippen molar-refractivity contribution in [3.8, 4) is 11.5 Å². The zero-order chi connectivity index (χ0) is 18.8. The Labute approximate surface area is 156 Å². The minimum atomic E-state index is -0.670. The maximum Gasteiger partial charge on any atom is 0.325 e. The molecule has 9 nitrogen and oxygen atoms in total. The van der Waals surface area contributed by atoms with E-state index in [0.717, 1.165) is 5.56 Å². The van der Waals surface area contributed by atoms with Crippen LogP contribution >= 0.6 is 0 Å². The molecule has 4 amide bonds. The van der Waals surface area contributed by atoms with Gasteiger partial charge in [-0.05, 0) is 24.1 Å². The number of hydrogen-bond donors (Lipinski definition) is 1. The Morgan fingerprint density at radius 2 is 1.93 bits per heavy atom. The Kier molecular flexibility index (Phi) is 4.85. The van der Waals surface area contributed by atoms with Crippen molar-refractivity contribution in [2.24, 2.45) is 0 Å². The third-order valence-electron chi connectivity index (χ3n) is 4.90. The van der Waals surface area contributed by atoms with E-state index < -0.39 is 12.1 Å². The molecule has 0 aromatic heterocycles. The lowest BCUT2D eigenvalue weighted by Crippen LogP contribution is -2.41. The second-order valence-electron chi connectivity index (χ2n) is 6.65. The van der Waals surface area contributed by atoms with Crippen molar-refractivity contribution < 1.29 is 28.6 Å². The molecule has 3 aliphatic rings. The van der Waals surface area contributed by atoms with Crippen LogP contribution in [0.3, 0.4) is 0 Å². The average molecular weight is 375 g/mol. The number of nitrogens with zero attached hydrogens (tertiary/aromatic N) is 2. The molecule has 144 valence electrons. The summed E-state index contributed by atoms with van der Waals surface area (Å²) in [5.74, 6) is 0.921. The van der Waals surface area contributed by atoms with Gasteiger partial charge in [-0.15, -0.1) is 0 Å². The standard InChI is InChI=1S/C18H21N3O6/c22-16(20-5-7-25-8-6-20)4-2-13-17(23)21(18(24)19-13)10-12-1-3-14-15(9-12)27-11-26-14/h1,3,9,13H,2,4-8,10-11H2,(H,19,24). The summed E-state index contributed by atoms with van der Waals surface area (Å²) in [4.78, 5) is 39.9. The van der Waals surface area contributed by atoms with E-state index in [1.54, 1.807) is 23.1 Å². The van der Waals surface area contributed by atoms with Crippen LogP contribution in [0.1, 0.15) is 18.4 Å². The molecule has 9 heteroatoms. The van der Waals surface area contributed by atoms with Crippen LogP contribution in [0.25, 0.3) is 0 Å². The quantitative estimate of drug-likeness (QED) is 0.752. The molecule has 3 aliphatic heterocycles. The van der Waals surface area contributed by atoms with Crippen LogP contribution in [-0.2, 0) is 20.9 Å². The van der Waals surface area contributed by atoms with Crippen LogP contribution in [-0.4, -0.2) is 66.8 Å². The first-order valence-electron chi connectivity index (χ1n) is 8.98. The first-order valence-corrected chi connectivity index (χ1v) is 8.98. The van der Waals surface area contributed by atoms with E-state index in [0.29, 0.717) is 44.2 Å². The zero-order valence-electron chi connectivity index (χ0n) is 14.8. The van der Waals surface area contributed by atoms with E-state index in [2.05, 4.69) is 5.32 Å². The fraction of sp³-hybridized carbons (Fsp3) is 0.500. The lowest BCUT2D eigenvalue weighted by Gasteiger charge is -2.27. The Bertz CT molecular complexity index is 761. The van der Waals surface area contributed by atoms with E-state index in [9.17, 15) is 14.4 Å². The number of rotatable bonds is 5. The zero-order valence-corrected chi connectivity index (χ0v) is 14.8. The Morgan fingerprint density at radius 1 is 1.15 bits per heavy atom. The van der Waals surface area contributed by atoms with Crippen molar-refractivity contribution in [2.45, 2.75) is 25.4 Å². The monoisotopic (exact) mass is 375 g/mol. The number of morpholine rings is 1. The lowest BCUT2D eigenvalue weighted by atomic mass is 10.1. The molecule has 3 heterocycles. The van der Waals surface area contributed by atoms with E-state index in [-0.39, 0.29) is 31.6 Å². The number of benzene rings is 1. The molecule has 4 rings (SSSR count). The number of nitrogens with one attached hydrogen (secondary N) is 1. The van der Waals surface area contributed by atoms with Gasteiger partial charge >= 0.3 is 6.03 Å². The molecule has 2 saturated heterocycles. The number of carbonyl (C=O) groups excluding carboxylic acids is 3. The predicted octanol–water partition coefficient (Wildman–Crippen LogP) is 0.475. The van der Waals surface area contributed by atoms with Crippen LogP contribution in [0.5, 0.6) is 11.5 Å². The molecule has 0 aliphatic carbocycles. The number of hydrogen-bond acceptors (Lipinski definition) is 6. The highest BCUT2D eigenvalue weighted by molar-refractivity contribution is 6.04. The molecule has 0 bridgehead atoms.